The third kappa shape index (κ3) is 1.61. The maximum atomic E-state index is 10.5. The van der Waals surface area contributed by atoms with Crippen molar-refractivity contribution in [1.82, 2.24) is 0 Å². The smallest absolute Gasteiger partial charge is 0.165 e. The van der Waals surface area contributed by atoms with E-state index in [0.717, 1.165) is 48.3 Å². The van der Waals surface area contributed by atoms with E-state index < -0.39 is 0 Å². The molecule has 4 heteroatoms. The number of methoxy groups -OCH3 is 1. The highest BCUT2D eigenvalue weighted by molar-refractivity contribution is 5.61. The van der Waals surface area contributed by atoms with Crippen molar-refractivity contribution in [2.75, 3.05) is 27.2 Å². The van der Waals surface area contributed by atoms with Crippen molar-refractivity contribution in [3.8, 4) is 11.5 Å². The van der Waals surface area contributed by atoms with Gasteiger partial charge in [-0.2, -0.15) is 0 Å². The van der Waals surface area contributed by atoms with E-state index in [9.17, 15) is 5.11 Å². The first-order valence-electron chi connectivity index (χ1n) is 10.5. The number of likely N-dealkylation sites (tertiary alicyclic amines) is 1. The number of aromatic hydroxyl groups is 1. The summed E-state index contributed by atoms with van der Waals surface area (Å²) >= 11 is 0. The van der Waals surface area contributed by atoms with Gasteiger partial charge in [0, 0.05) is 31.4 Å². The van der Waals surface area contributed by atoms with E-state index in [1.807, 2.05) is 13.2 Å². The molecule has 26 heavy (non-hydrogen) atoms. The number of benzene rings is 1. The summed E-state index contributed by atoms with van der Waals surface area (Å²) in [6.45, 7) is 2.51. The van der Waals surface area contributed by atoms with Crippen LogP contribution in [0.15, 0.2) is 12.1 Å². The molecular weight excluding hydrogens is 326 g/mol. The lowest BCUT2D eigenvalue weighted by Gasteiger charge is -2.66. The predicted molar refractivity (Wildman–Crippen MR) is 98.5 cm³/mol. The number of nitrogens with zero attached hydrogens (tertiary/aromatic N) is 1. The molecule has 1 N–H and O–H groups in total. The minimum atomic E-state index is -0.149. The average Bonchev–Trinajstić information content (AvgIpc) is 3.37. The van der Waals surface area contributed by atoms with Crippen molar-refractivity contribution in [1.29, 1.82) is 0 Å². The lowest BCUT2D eigenvalue weighted by atomic mass is 9.48. The third-order valence-corrected chi connectivity index (χ3v) is 8.71. The fourth-order valence-electron chi connectivity index (χ4n) is 7.53. The summed E-state index contributed by atoms with van der Waals surface area (Å²) in [6.07, 6.45) is 8.52. The van der Waals surface area contributed by atoms with Gasteiger partial charge >= 0.3 is 0 Å². The van der Waals surface area contributed by atoms with Crippen molar-refractivity contribution in [3.05, 3.63) is 23.3 Å². The van der Waals surface area contributed by atoms with Crippen LogP contribution in [0.5, 0.6) is 11.5 Å². The van der Waals surface area contributed by atoms with Gasteiger partial charge in [0.05, 0.1) is 25.6 Å². The summed E-state index contributed by atoms with van der Waals surface area (Å²) in [5, 5.41) is 10.5. The maximum absolute atomic E-state index is 10.5. The average molecular weight is 356 g/mol. The Kier molecular flexibility index (Phi) is 2.89. The number of phenols is 1. The zero-order valence-corrected chi connectivity index (χ0v) is 16.0. The first kappa shape index (κ1) is 15.8. The van der Waals surface area contributed by atoms with Gasteiger partial charge in [-0.3, -0.25) is 0 Å². The molecule has 4 nitrogen and oxygen atoms in total. The highest BCUT2D eigenvalue weighted by atomic mass is 16.5. The number of phenolic OH excluding ortho intramolecular Hbond substituents is 1. The summed E-state index contributed by atoms with van der Waals surface area (Å²) in [5.74, 6) is 2.00. The molecule has 5 atom stereocenters. The van der Waals surface area contributed by atoms with Crippen LogP contribution in [-0.4, -0.2) is 54.6 Å². The van der Waals surface area contributed by atoms with Gasteiger partial charge in [0.15, 0.2) is 11.5 Å². The highest BCUT2D eigenvalue weighted by Crippen LogP contribution is 2.67. The van der Waals surface area contributed by atoms with Crippen molar-refractivity contribution < 1.29 is 19.1 Å². The van der Waals surface area contributed by atoms with E-state index in [-0.39, 0.29) is 17.1 Å². The molecule has 2 aliphatic heterocycles. The molecule has 5 aliphatic rings. The summed E-state index contributed by atoms with van der Waals surface area (Å²) < 4.78 is 14.2. The number of hydrogen-bond acceptors (Lipinski definition) is 3. The van der Waals surface area contributed by atoms with Crippen LogP contribution in [0, 0.1) is 5.92 Å². The maximum Gasteiger partial charge on any atom is 0.165 e. The van der Waals surface area contributed by atoms with E-state index >= 15 is 0 Å². The van der Waals surface area contributed by atoms with E-state index in [2.05, 4.69) is 13.1 Å². The number of quaternary nitrogens is 1. The Morgan fingerprint density at radius 1 is 1.27 bits per heavy atom. The Balaban J connectivity index is 1.60. The molecular formula is C22H30NO3+. The van der Waals surface area contributed by atoms with E-state index in [1.165, 1.54) is 37.1 Å². The van der Waals surface area contributed by atoms with Gasteiger partial charge in [0.1, 0.15) is 17.7 Å². The molecule has 0 amide bonds. The Morgan fingerprint density at radius 3 is 2.88 bits per heavy atom. The molecule has 1 aromatic carbocycles. The lowest BCUT2D eigenvalue weighted by molar-refractivity contribution is -0.950. The van der Waals surface area contributed by atoms with Crippen LogP contribution >= 0.6 is 0 Å². The van der Waals surface area contributed by atoms with Crippen molar-refractivity contribution >= 4 is 0 Å². The Morgan fingerprint density at radius 2 is 2.12 bits per heavy atom. The van der Waals surface area contributed by atoms with Gasteiger partial charge in [-0.1, -0.05) is 6.07 Å². The van der Waals surface area contributed by atoms with E-state index in [1.54, 1.807) is 0 Å². The molecule has 3 fully saturated rings. The molecule has 2 unspecified atom stereocenters. The van der Waals surface area contributed by atoms with Crippen LogP contribution in [0.25, 0.3) is 0 Å². The molecule has 1 saturated heterocycles. The standard InChI is InChI=1S/C22H29NO3/c1-23(13-14-5-6-14)11-10-21-18-4-3-9-22(21,25-2)17(23)12-15-7-8-16(24)20(26-18)19(15)21/h7-8,14,17-18H,3-6,9-13H2,1-2H3/p+1/t17-,18+,21-,22?,23?/m1/s1. The molecule has 6 rings (SSSR count). The second kappa shape index (κ2) is 4.77. The molecule has 2 saturated carbocycles. The molecule has 1 spiro atoms. The van der Waals surface area contributed by atoms with E-state index in [4.69, 9.17) is 9.47 Å². The van der Waals surface area contributed by atoms with Gasteiger partial charge in [-0.15, -0.1) is 0 Å². The molecule has 3 aliphatic carbocycles. The molecule has 2 bridgehead atoms. The van der Waals surface area contributed by atoms with Gasteiger partial charge in [0.25, 0.3) is 0 Å². The fraction of sp³-hybridized carbons (Fsp3) is 0.727. The first-order chi connectivity index (χ1) is 12.5. The summed E-state index contributed by atoms with van der Waals surface area (Å²) in [5.41, 5.74) is 2.50. The summed E-state index contributed by atoms with van der Waals surface area (Å²) in [7, 11) is 4.43. The highest BCUT2D eigenvalue weighted by Gasteiger charge is 2.75. The Labute approximate surface area is 155 Å². The monoisotopic (exact) mass is 356 g/mol. The number of hydrogen-bond donors (Lipinski definition) is 1. The third-order valence-electron chi connectivity index (χ3n) is 8.71. The van der Waals surface area contributed by atoms with Crippen molar-refractivity contribution in [3.63, 3.8) is 0 Å². The zero-order valence-electron chi connectivity index (χ0n) is 16.0. The van der Waals surface area contributed by atoms with Gasteiger partial charge in [0.2, 0.25) is 0 Å². The molecule has 1 aromatic rings. The Bertz CT molecular complexity index is 790. The largest absolute Gasteiger partial charge is 0.504 e. The van der Waals surface area contributed by atoms with E-state index in [0.29, 0.717) is 11.8 Å². The van der Waals surface area contributed by atoms with Gasteiger partial charge in [-0.05, 0) is 43.7 Å². The zero-order chi connectivity index (χ0) is 17.7. The lowest BCUT2D eigenvalue weighted by Crippen LogP contribution is -2.80. The second-order valence-electron chi connectivity index (χ2n) is 9.81. The number of ether oxygens (including phenoxy) is 2. The van der Waals surface area contributed by atoms with Crippen molar-refractivity contribution in [2.24, 2.45) is 5.92 Å². The van der Waals surface area contributed by atoms with Crippen LogP contribution in [0.3, 0.4) is 0 Å². The minimum Gasteiger partial charge on any atom is -0.504 e. The molecule has 0 aromatic heterocycles. The first-order valence-corrected chi connectivity index (χ1v) is 10.5. The summed E-state index contributed by atoms with van der Waals surface area (Å²) in [6, 6.07) is 4.51. The molecule has 0 radical (unpaired) electrons. The quantitative estimate of drug-likeness (QED) is 0.846. The number of piperidine rings is 1. The van der Waals surface area contributed by atoms with Gasteiger partial charge in [-0.25, -0.2) is 0 Å². The van der Waals surface area contributed by atoms with Crippen LogP contribution < -0.4 is 4.74 Å². The SMILES string of the molecule is COC12CCC[C@@H]3Oc4c(O)ccc5c4[C@@]31CC[N+](C)(CC1CC1)[C@@H]2C5. The van der Waals surface area contributed by atoms with Crippen LogP contribution in [0.4, 0.5) is 0 Å². The summed E-state index contributed by atoms with van der Waals surface area (Å²) in [4.78, 5) is 0. The van der Waals surface area contributed by atoms with Crippen LogP contribution in [-0.2, 0) is 16.6 Å². The number of likely N-dealkylation sites (N-methyl/N-ethyl adjacent to an activating group) is 1. The number of rotatable bonds is 3. The normalized spacial score (nSPS) is 45.2. The fourth-order valence-corrected chi connectivity index (χ4v) is 7.53. The second-order valence-corrected chi connectivity index (χ2v) is 9.81. The minimum absolute atomic E-state index is 0.0619. The van der Waals surface area contributed by atoms with Crippen LogP contribution in [0.1, 0.15) is 49.7 Å². The van der Waals surface area contributed by atoms with Crippen molar-refractivity contribution in [2.45, 2.75) is 68.1 Å². The van der Waals surface area contributed by atoms with Crippen LogP contribution in [0.2, 0.25) is 0 Å². The predicted octanol–water partition coefficient (Wildman–Crippen LogP) is 3.15. The van der Waals surface area contributed by atoms with Gasteiger partial charge < -0.3 is 19.1 Å². The molecule has 2 heterocycles. The topological polar surface area (TPSA) is 38.7 Å². The molecule has 140 valence electrons. The Hall–Kier alpha value is -1.26.